The van der Waals surface area contributed by atoms with Gasteiger partial charge in [0.2, 0.25) is 15.9 Å². The Morgan fingerprint density at radius 1 is 0.909 bits per heavy atom. The molecule has 178 valence electrons. The van der Waals surface area contributed by atoms with Crippen molar-refractivity contribution in [2.24, 2.45) is 5.92 Å². The Labute approximate surface area is 198 Å². The van der Waals surface area contributed by atoms with E-state index in [1.165, 1.54) is 29.1 Å². The second-order valence-electron chi connectivity index (χ2n) is 9.31. The molecule has 2 aromatic carbocycles. The van der Waals surface area contributed by atoms with Crippen molar-refractivity contribution in [1.82, 2.24) is 14.5 Å². The molecule has 4 rings (SSSR count). The lowest BCUT2D eigenvalue weighted by Crippen LogP contribution is -2.42. The lowest BCUT2D eigenvalue weighted by atomic mass is 9.97. The monoisotopic (exact) mass is 469 g/mol. The molecule has 2 saturated heterocycles. The molecule has 0 spiro atoms. The number of nitrogens with one attached hydrogen (secondary N) is 1. The third-order valence-corrected chi connectivity index (χ3v) is 8.81. The van der Waals surface area contributed by atoms with Crippen LogP contribution in [0.4, 0.5) is 0 Å². The number of hydrogen-bond donors (Lipinski definition) is 1. The fourth-order valence-corrected chi connectivity index (χ4v) is 6.26. The maximum Gasteiger partial charge on any atom is 0.243 e. The molecule has 2 aromatic rings. The third kappa shape index (κ3) is 6.02. The third-order valence-electron chi connectivity index (χ3n) is 6.90. The van der Waals surface area contributed by atoms with E-state index in [4.69, 9.17) is 0 Å². The molecule has 0 radical (unpaired) electrons. The standard InChI is InChI=1S/C26H35N3O3S/c1-21-9-11-25(12-10-21)33(31,32)29-17-13-22(14-18-29)26(30)27-19-23-7-3-4-8-24(23)20-28-15-5-2-6-16-28/h3-4,7-12,22H,2,5-6,13-20H2,1H3,(H,27,30). The Kier molecular flexibility index (Phi) is 7.83. The van der Waals surface area contributed by atoms with Crippen molar-refractivity contribution < 1.29 is 13.2 Å². The molecule has 2 fully saturated rings. The van der Waals surface area contributed by atoms with Gasteiger partial charge in [-0.05, 0) is 69.0 Å². The van der Waals surface area contributed by atoms with Gasteiger partial charge in [-0.25, -0.2) is 8.42 Å². The largest absolute Gasteiger partial charge is 0.352 e. The number of piperidine rings is 2. The molecule has 0 aromatic heterocycles. The van der Waals surface area contributed by atoms with Gasteiger partial charge in [-0.15, -0.1) is 0 Å². The Hall–Kier alpha value is -2.22. The number of nitrogens with zero attached hydrogens (tertiary/aromatic N) is 2. The molecule has 6 nitrogen and oxygen atoms in total. The summed E-state index contributed by atoms with van der Waals surface area (Å²) < 4.78 is 27.3. The van der Waals surface area contributed by atoms with Crippen molar-refractivity contribution in [3.8, 4) is 0 Å². The van der Waals surface area contributed by atoms with E-state index in [0.717, 1.165) is 30.8 Å². The van der Waals surface area contributed by atoms with Crippen LogP contribution in [0.3, 0.4) is 0 Å². The molecule has 1 amide bonds. The first-order valence-electron chi connectivity index (χ1n) is 12.1. The predicted octanol–water partition coefficient (Wildman–Crippen LogP) is 3.70. The van der Waals surface area contributed by atoms with Crippen LogP contribution in [0.25, 0.3) is 0 Å². The van der Waals surface area contributed by atoms with Gasteiger partial charge in [0.05, 0.1) is 4.90 Å². The number of carbonyl (C=O) groups excluding carboxylic acids is 1. The van der Waals surface area contributed by atoms with Crippen molar-refractivity contribution in [2.45, 2.75) is 57.0 Å². The molecule has 0 saturated carbocycles. The van der Waals surface area contributed by atoms with Crippen LogP contribution >= 0.6 is 0 Å². The van der Waals surface area contributed by atoms with Gasteiger partial charge in [-0.2, -0.15) is 4.31 Å². The van der Waals surface area contributed by atoms with E-state index in [-0.39, 0.29) is 11.8 Å². The fourth-order valence-electron chi connectivity index (χ4n) is 4.79. The van der Waals surface area contributed by atoms with Crippen LogP contribution in [-0.4, -0.2) is 49.7 Å². The van der Waals surface area contributed by atoms with Crippen molar-refractivity contribution in [3.63, 3.8) is 0 Å². The minimum absolute atomic E-state index is 0.0233. The van der Waals surface area contributed by atoms with Crippen LogP contribution in [-0.2, 0) is 27.9 Å². The lowest BCUT2D eigenvalue weighted by Gasteiger charge is -2.30. The zero-order valence-corrected chi connectivity index (χ0v) is 20.3. The maximum absolute atomic E-state index is 12.9. The highest BCUT2D eigenvalue weighted by atomic mass is 32.2. The average Bonchev–Trinajstić information content (AvgIpc) is 2.84. The second kappa shape index (κ2) is 10.8. The Morgan fingerprint density at radius 2 is 1.55 bits per heavy atom. The first-order valence-corrected chi connectivity index (χ1v) is 13.5. The number of hydrogen-bond acceptors (Lipinski definition) is 4. The van der Waals surface area contributed by atoms with Gasteiger partial charge in [-0.3, -0.25) is 9.69 Å². The molecule has 33 heavy (non-hydrogen) atoms. The highest BCUT2D eigenvalue weighted by Crippen LogP contribution is 2.24. The van der Waals surface area contributed by atoms with Crippen molar-refractivity contribution >= 4 is 15.9 Å². The van der Waals surface area contributed by atoms with Gasteiger partial charge in [0, 0.05) is 32.1 Å². The second-order valence-corrected chi connectivity index (χ2v) is 11.3. The predicted molar refractivity (Wildman–Crippen MR) is 130 cm³/mol. The van der Waals surface area contributed by atoms with E-state index in [2.05, 4.69) is 28.4 Å². The molecule has 2 aliphatic rings. The minimum Gasteiger partial charge on any atom is -0.352 e. The molecule has 0 atom stereocenters. The van der Waals surface area contributed by atoms with Gasteiger partial charge in [0.15, 0.2) is 0 Å². The SMILES string of the molecule is Cc1ccc(S(=O)(=O)N2CCC(C(=O)NCc3ccccc3CN3CCCCC3)CC2)cc1. The topological polar surface area (TPSA) is 69.7 Å². The van der Waals surface area contributed by atoms with Gasteiger partial charge in [0.25, 0.3) is 0 Å². The Morgan fingerprint density at radius 3 is 2.21 bits per heavy atom. The quantitative estimate of drug-likeness (QED) is 0.671. The van der Waals surface area contributed by atoms with Crippen LogP contribution < -0.4 is 5.32 Å². The summed E-state index contributed by atoms with van der Waals surface area (Å²) in [6, 6.07) is 15.3. The van der Waals surface area contributed by atoms with Crippen LogP contribution in [0.2, 0.25) is 0 Å². The normalized spacial score (nSPS) is 18.8. The smallest absolute Gasteiger partial charge is 0.243 e. The zero-order chi connectivity index (χ0) is 23.3. The molecule has 7 heteroatoms. The molecule has 0 aliphatic carbocycles. The number of aryl methyl sites for hydroxylation is 1. The summed E-state index contributed by atoms with van der Waals surface area (Å²) in [4.78, 5) is 15.7. The Balaban J connectivity index is 1.30. The molecular weight excluding hydrogens is 434 g/mol. The maximum atomic E-state index is 12.9. The summed E-state index contributed by atoms with van der Waals surface area (Å²) in [7, 11) is -3.51. The first kappa shape index (κ1) is 23.9. The number of carbonyl (C=O) groups is 1. The van der Waals surface area contributed by atoms with Crippen molar-refractivity contribution in [1.29, 1.82) is 0 Å². The van der Waals surface area contributed by atoms with Crippen LogP contribution in [0.5, 0.6) is 0 Å². The summed E-state index contributed by atoms with van der Waals surface area (Å²) in [6.45, 7) is 6.42. The number of likely N-dealkylation sites (tertiary alicyclic amines) is 1. The minimum atomic E-state index is -3.51. The molecule has 2 heterocycles. The lowest BCUT2D eigenvalue weighted by molar-refractivity contribution is -0.126. The molecule has 0 unspecified atom stereocenters. The van der Waals surface area contributed by atoms with Gasteiger partial charge in [0.1, 0.15) is 0 Å². The molecule has 0 bridgehead atoms. The molecular formula is C26H35N3O3S. The van der Waals surface area contributed by atoms with Gasteiger partial charge >= 0.3 is 0 Å². The van der Waals surface area contributed by atoms with E-state index in [1.54, 1.807) is 12.1 Å². The van der Waals surface area contributed by atoms with Crippen molar-refractivity contribution in [3.05, 3.63) is 65.2 Å². The Bertz CT molecular complexity index is 1040. The first-order chi connectivity index (χ1) is 15.9. The number of benzene rings is 2. The van der Waals surface area contributed by atoms with E-state index in [9.17, 15) is 13.2 Å². The summed E-state index contributed by atoms with van der Waals surface area (Å²) >= 11 is 0. The van der Waals surface area contributed by atoms with E-state index in [1.807, 2.05) is 25.1 Å². The van der Waals surface area contributed by atoms with Crippen molar-refractivity contribution in [2.75, 3.05) is 26.2 Å². The van der Waals surface area contributed by atoms with Crippen LogP contribution in [0.1, 0.15) is 48.8 Å². The van der Waals surface area contributed by atoms with Crippen LogP contribution in [0.15, 0.2) is 53.4 Å². The fraction of sp³-hybridized carbons (Fsp3) is 0.500. The summed E-state index contributed by atoms with van der Waals surface area (Å²) in [5.74, 6) is -0.126. The summed E-state index contributed by atoms with van der Waals surface area (Å²) in [6.07, 6.45) is 4.94. The summed E-state index contributed by atoms with van der Waals surface area (Å²) in [5.41, 5.74) is 3.47. The average molecular weight is 470 g/mol. The highest BCUT2D eigenvalue weighted by molar-refractivity contribution is 7.89. The number of amides is 1. The molecule has 1 N–H and O–H groups in total. The van der Waals surface area contributed by atoms with Gasteiger partial charge < -0.3 is 5.32 Å². The summed E-state index contributed by atoms with van der Waals surface area (Å²) in [5, 5.41) is 3.11. The molecule has 2 aliphatic heterocycles. The number of sulfonamides is 1. The van der Waals surface area contributed by atoms with Crippen LogP contribution in [0, 0.1) is 12.8 Å². The van der Waals surface area contributed by atoms with E-state index < -0.39 is 10.0 Å². The van der Waals surface area contributed by atoms with Gasteiger partial charge in [-0.1, -0.05) is 48.4 Å². The zero-order valence-electron chi connectivity index (χ0n) is 19.5. The number of rotatable bonds is 7. The van der Waals surface area contributed by atoms with E-state index in [0.29, 0.717) is 37.4 Å². The van der Waals surface area contributed by atoms with E-state index >= 15 is 0 Å². The highest BCUT2D eigenvalue weighted by Gasteiger charge is 2.32.